The maximum Gasteiger partial charge on any atom is 0.341 e. The number of hydrogen-bond acceptors (Lipinski definition) is 6. The molecule has 1 unspecified atom stereocenters. The number of ether oxygens (including phenoxy) is 2. The predicted octanol–water partition coefficient (Wildman–Crippen LogP) is 1.62. The molecule has 0 bridgehead atoms. The number of hydrogen-bond donors (Lipinski definition) is 1. The lowest BCUT2D eigenvalue weighted by Crippen LogP contribution is -2.42. The Bertz CT molecular complexity index is 793. The Morgan fingerprint density at radius 2 is 2.00 bits per heavy atom. The van der Waals surface area contributed by atoms with Crippen LogP contribution < -0.4 is 4.74 Å². The van der Waals surface area contributed by atoms with Crippen LogP contribution in [0.1, 0.15) is 23.2 Å². The van der Waals surface area contributed by atoms with E-state index in [1.807, 2.05) is 0 Å². The van der Waals surface area contributed by atoms with Crippen LogP contribution in [-0.4, -0.2) is 57.1 Å². The maximum atomic E-state index is 13.0. The molecule has 0 aromatic heterocycles. The SMILES string of the molecule is COC(=O)c1cc(Cl)cc(S(=O)(=O)N2CCCC(C(=O)O)C2)c1OC. The number of carbonyl (C=O) groups is 2. The lowest BCUT2D eigenvalue weighted by atomic mass is 10.0. The zero-order valence-electron chi connectivity index (χ0n) is 13.7. The van der Waals surface area contributed by atoms with E-state index in [1.54, 1.807) is 0 Å². The summed E-state index contributed by atoms with van der Waals surface area (Å²) in [5.74, 6) is -2.81. The lowest BCUT2D eigenvalue weighted by molar-refractivity contribution is -0.142. The molecule has 1 aliphatic heterocycles. The molecule has 1 saturated heterocycles. The Morgan fingerprint density at radius 1 is 1.32 bits per heavy atom. The Hall–Kier alpha value is -1.84. The first-order valence-corrected chi connectivity index (χ1v) is 9.23. The van der Waals surface area contributed by atoms with Crippen LogP contribution >= 0.6 is 11.6 Å². The van der Waals surface area contributed by atoms with Crippen LogP contribution in [0.3, 0.4) is 0 Å². The summed E-state index contributed by atoms with van der Waals surface area (Å²) >= 11 is 5.96. The number of carboxylic acid groups (broad SMARTS) is 1. The molecule has 8 nitrogen and oxygen atoms in total. The summed E-state index contributed by atoms with van der Waals surface area (Å²) in [6, 6.07) is 2.42. The van der Waals surface area contributed by atoms with Crippen molar-refractivity contribution in [1.29, 1.82) is 0 Å². The molecular formula is C15H18ClNO7S. The van der Waals surface area contributed by atoms with Crippen LogP contribution in [0.4, 0.5) is 0 Å². The van der Waals surface area contributed by atoms with Crippen molar-refractivity contribution < 1.29 is 32.6 Å². The van der Waals surface area contributed by atoms with E-state index in [0.29, 0.717) is 12.8 Å². The second kappa shape index (κ2) is 7.59. The first-order chi connectivity index (χ1) is 11.7. The zero-order valence-corrected chi connectivity index (χ0v) is 15.3. The number of nitrogens with zero attached hydrogens (tertiary/aromatic N) is 1. The third-order valence-corrected chi connectivity index (χ3v) is 6.07. The van der Waals surface area contributed by atoms with E-state index in [1.165, 1.54) is 19.2 Å². The molecule has 1 atom stereocenters. The maximum absolute atomic E-state index is 13.0. The topological polar surface area (TPSA) is 110 Å². The third kappa shape index (κ3) is 3.88. The molecule has 0 saturated carbocycles. The minimum Gasteiger partial charge on any atom is -0.494 e. The second-order valence-electron chi connectivity index (χ2n) is 5.52. The smallest absolute Gasteiger partial charge is 0.341 e. The number of methoxy groups -OCH3 is 2. The van der Waals surface area contributed by atoms with Gasteiger partial charge in [-0.1, -0.05) is 11.6 Å². The molecule has 1 heterocycles. The fourth-order valence-electron chi connectivity index (χ4n) is 2.73. The van der Waals surface area contributed by atoms with Crippen LogP contribution in [0.15, 0.2) is 17.0 Å². The molecule has 1 N–H and O–H groups in total. The first-order valence-electron chi connectivity index (χ1n) is 7.41. The Kier molecular flexibility index (Phi) is 5.91. The molecule has 0 aliphatic carbocycles. The number of benzene rings is 1. The quantitative estimate of drug-likeness (QED) is 0.759. The Morgan fingerprint density at radius 3 is 2.56 bits per heavy atom. The fraction of sp³-hybridized carbons (Fsp3) is 0.467. The van der Waals surface area contributed by atoms with E-state index >= 15 is 0 Å². The van der Waals surface area contributed by atoms with Gasteiger partial charge < -0.3 is 14.6 Å². The van der Waals surface area contributed by atoms with Crippen molar-refractivity contribution in [1.82, 2.24) is 4.31 Å². The molecule has 0 amide bonds. The summed E-state index contributed by atoms with van der Waals surface area (Å²) in [4.78, 5) is 22.8. The van der Waals surface area contributed by atoms with Crippen molar-refractivity contribution in [3.8, 4) is 5.75 Å². The minimum absolute atomic E-state index is 0.0200. The summed E-state index contributed by atoms with van der Waals surface area (Å²) in [6.07, 6.45) is 0.824. The Balaban J connectivity index is 2.53. The molecule has 10 heteroatoms. The summed E-state index contributed by atoms with van der Waals surface area (Å²) < 4.78 is 36.8. The van der Waals surface area contributed by atoms with E-state index in [9.17, 15) is 18.0 Å². The number of piperidine rings is 1. The van der Waals surface area contributed by atoms with Gasteiger partial charge >= 0.3 is 11.9 Å². The number of esters is 1. The van der Waals surface area contributed by atoms with Gasteiger partial charge in [0.2, 0.25) is 10.0 Å². The third-order valence-electron chi connectivity index (χ3n) is 3.98. The van der Waals surface area contributed by atoms with E-state index in [4.69, 9.17) is 21.4 Å². The van der Waals surface area contributed by atoms with Crippen LogP contribution in [0.5, 0.6) is 5.75 Å². The molecule has 138 valence electrons. The van der Waals surface area contributed by atoms with Crippen LogP contribution in [0.25, 0.3) is 0 Å². The number of carboxylic acids is 1. The molecule has 1 fully saturated rings. The van der Waals surface area contributed by atoms with Crippen LogP contribution in [-0.2, 0) is 19.6 Å². The second-order valence-corrected chi connectivity index (χ2v) is 7.86. The minimum atomic E-state index is -4.11. The highest BCUT2D eigenvalue weighted by molar-refractivity contribution is 7.89. The average molecular weight is 392 g/mol. The van der Waals surface area contributed by atoms with Gasteiger partial charge in [-0.3, -0.25) is 4.79 Å². The fourth-order valence-corrected chi connectivity index (χ4v) is 4.74. The van der Waals surface area contributed by atoms with Gasteiger partial charge in [-0.15, -0.1) is 0 Å². The highest BCUT2D eigenvalue weighted by Crippen LogP contribution is 2.35. The van der Waals surface area contributed by atoms with Crippen molar-refractivity contribution in [2.24, 2.45) is 5.92 Å². The van der Waals surface area contributed by atoms with Crippen molar-refractivity contribution in [2.75, 3.05) is 27.3 Å². The van der Waals surface area contributed by atoms with Gasteiger partial charge in [0, 0.05) is 18.1 Å². The van der Waals surface area contributed by atoms with Gasteiger partial charge in [-0.05, 0) is 25.0 Å². The predicted molar refractivity (Wildman–Crippen MR) is 88.5 cm³/mol. The highest BCUT2D eigenvalue weighted by Gasteiger charge is 2.36. The highest BCUT2D eigenvalue weighted by atomic mass is 35.5. The largest absolute Gasteiger partial charge is 0.494 e. The van der Waals surface area contributed by atoms with Crippen molar-refractivity contribution in [3.63, 3.8) is 0 Å². The molecule has 0 spiro atoms. The van der Waals surface area contributed by atoms with Crippen LogP contribution in [0, 0.1) is 5.92 Å². The summed E-state index contributed by atoms with van der Waals surface area (Å²) in [5.41, 5.74) is -0.122. The van der Waals surface area contributed by atoms with E-state index in [0.717, 1.165) is 11.4 Å². The van der Waals surface area contributed by atoms with Gasteiger partial charge in [0.25, 0.3) is 0 Å². The van der Waals surface area contributed by atoms with Crippen molar-refractivity contribution >= 4 is 33.6 Å². The van der Waals surface area contributed by atoms with E-state index < -0.39 is 27.9 Å². The number of rotatable bonds is 5. The Labute approximate surface area is 150 Å². The first kappa shape index (κ1) is 19.5. The summed E-state index contributed by atoms with van der Waals surface area (Å²) in [7, 11) is -1.73. The van der Waals surface area contributed by atoms with Crippen LogP contribution in [0.2, 0.25) is 5.02 Å². The number of aliphatic carboxylic acids is 1. The van der Waals surface area contributed by atoms with Gasteiger partial charge in [0.1, 0.15) is 10.5 Å². The molecule has 0 radical (unpaired) electrons. The van der Waals surface area contributed by atoms with Gasteiger partial charge in [-0.2, -0.15) is 4.31 Å². The van der Waals surface area contributed by atoms with Gasteiger partial charge in [0.15, 0.2) is 5.75 Å². The molecule has 1 aliphatic rings. The number of halogens is 1. The standard InChI is InChI=1S/C15H18ClNO7S/c1-23-13-11(15(20)24-2)6-10(16)7-12(13)25(21,22)17-5-3-4-9(8-17)14(18)19/h6-7,9H,3-5,8H2,1-2H3,(H,18,19). The summed E-state index contributed by atoms with van der Waals surface area (Å²) in [5, 5.41) is 9.18. The summed E-state index contributed by atoms with van der Waals surface area (Å²) in [6.45, 7) is 0.0240. The lowest BCUT2D eigenvalue weighted by Gasteiger charge is -2.30. The molecule has 1 aromatic rings. The van der Waals surface area contributed by atoms with Gasteiger partial charge in [-0.25, -0.2) is 13.2 Å². The van der Waals surface area contributed by atoms with Crippen molar-refractivity contribution in [3.05, 3.63) is 22.7 Å². The van der Waals surface area contributed by atoms with E-state index in [2.05, 4.69) is 4.74 Å². The molecular weight excluding hydrogens is 374 g/mol. The molecule has 25 heavy (non-hydrogen) atoms. The zero-order chi connectivity index (χ0) is 18.8. The monoisotopic (exact) mass is 391 g/mol. The molecule has 1 aromatic carbocycles. The van der Waals surface area contributed by atoms with Gasteiger partial charge in [0.05, 0.1) is 20.1 Å². The number of sulfonamides is 1. The molecule has 2 rings (SSSR count). The van der Waals surface area contributed by atoms with Crippen molar-refractivity contribution in [2.45, 2.75) is 17.7 Å². The normalized spacial score (nSPS) is 18.6. The number of carbonyl (C=O) groups excluding carboxylic acids is 1. The van der Waals surface area contributed by atoms with E-state index in [-0.39, 0.29) is 34.3 Å². The average Bonchev–Trinajstić information content (AvgIpc) is 2.60.